The van der Waals surface area contributed by atoms with E-state index in [0.717, 1.165) is 0 Å². The van der Waals surface area contributed by atoms with Gasteiger partial charge in [0.15, 0.2) is 5.78 Å². The molecule has 0 N–H and O–H groups in total. The number of rotatable bonds is 6. The van der Waals surface area contributed by atoms with Gasteiger partial charge in [-0.25, -0.2) is 4.79 Å². The Hall–Kier alpha value is -3.34. The van der Waals surface area contributed by atoms with Gasteiger partial charge in [-0.05, 0) is 31.2 Å². The summed E-state index contributed by atoms with van der Waals surface area (Å²) in [7, 11) is 0. The Balaban J connectivity index is 2.04. The summed E-state index contributed by atoms with van der Waals surface area (Å²) in [4.78, 5) is 26.8. The fourth-order valence-corrected chi connectivity index (χ4v) is 3.83. The molecule has 6 heteroatoms. The van der Waals surface area contributed by atoms with E-state index in [1.54, 1.807) is 67.6 Å². The van der Waals surface area contributed by atoms with Gasteiger partial charge in [-0.1, -0.05) is 77.8 Å². The second-order valence-electron chi connectivity index (χ2n) is 6.95. The Morgan fingerprint density at radius 2 is 1.41 bits per heavy atom. The van der Waals surface area contributed by atoms with Crippen molar-refractivity contribution in [3.8, 4) is 22.6 Å². The van der Waals surface area contributed by atoms with E-state index in [1.807, 2.05) is 18.2 Å². The lowest BCUT2D eigenvalue weighted by Gasteiger charge is -2.07. The summed E-state index contributed by atoms with van der Waals surface area (Å²) in [5.74, 6) is -0.561. The highest BCUT2D eigenvalue weighted by Crippen LogP contribution is 2.39. The van der Waals surface area contributed by atoms with Crippen molar-refractivity contribution in [1.82, 2.24) is 0 Å². The van der Waals surface area contributed by atoms with Gasteiger partial charge in [0.1, 0.15) is 17.1 Å². The molecule has 0 unspecified atom stereocenters. The van der Waals surface area contributed by atoms with Crippen LogP contribution in [0, 0.1) is 0 Å². The summed E-state index contributed by atoms with van der Waals surface area (Å²) in [5.41, 5.74) is 1.70. The van der Waals surface area contributed by atoms with E-state index in [4.69, 9.17) is 32.4 Å². The van der Waals surface area contributed by atoms with E-state index in [1.165, 1.54) is 0 Å². The van der Waals surface area contributed by atoms with Gasteiger partial charge in [-0.2, -0.15) is 0 Å². The van der Waals surface area contributed by atoms with Gasteiger partial charge in [-0.3, -0.25) is 4.79 Å². The average molecular weight is 465 g/mol. The lowest BCUT2D eigenvalue weighted by Crippen LogP contribution is -2.12. The normalized spacial score (nSPS) is 10.7. The highest BCUT2D eigenvalue weighted by atomic mass is 35.5. The highest BCUT2D eigenvalue weighted by Gasteiger charge is 2.33. The van der Waals surface area contributed by atoms with Crippen LogP contribution in [0.3, 0.4) is 0 Å². The van der Waals surface area contributed by atoms with Crippen LogP contribution in [-0.2, 0) is 4.74 Å². The summed E-state index contributed by atoms with van der Waals surface area (Å²) in [5, 5.41) is 0.878. The van der Waals surface area contributed by atoms with Crippen LogP contribution in [0.2, 0.25) is 10.0 Å². The lowest BCUT2D eigenvalue weighted by atomic mass is 9.95. The van der Waals surface area contributed by atoms with E-state index >= 15 is 0 Å². The van der Waals surface area contributed by atoms with Gasteiger partial charge < -0.3 is 9.15 Å². The molecular weight excluding hydrogens is 447 g/mol. The summed E-state index contributed by atoms with van der Waals surface area (Å²) in [6.45, 7) is 1.85. The van der Waals surface area contributed by atoms with Crippen LogP contribution in [0.5, 0.6) is 0 Å². The Bertz CT molecular complexity index is 1290. The molecule has 0 fully saturated rings. The monoisotopic (exact) mass is 464 g/mol. The number of ketones is 1. The summed E-state index contributed by atoms with van der Waals surface area (Å²) >= 11 is 12.3. The third-order valence-electron chi connectivity index (χ3n) is 4.82. The number of carbonyl (C=O) groups excluding carboxylic acids is 2. The zero-order valence-electron chi connectivity index (χ0n) is 17.1. The maximum Gasteiger partial charge on any atom is 0.342 e. The summed E-state index contributed by atoms with van der Waals surface area (Å²) in [6.07, 6.45) is 0. The van der Waals surface area contributed by atoms with Crippen LogP contribution in [0.1, 0.15) is 33.2 Å². The number of benzene rings is 3. The minimum atomic E-state index is -0.645. The Morgan fingerprint density at radius 3 is 2.06 bits per heavy atom. The molecule has 0 bridgehead atoms. The molecule has 0 spiro atoms. The maximum absolute atomic E-state index is 13.7. The molecule has 0 aliphatic rings. The number of carbonyl (C=O) groups is 2. The largest absolute Gasteiger partial charge is 0.462 e. The van der Waals surface area contributed by atoms with Crippen molar-refractivity contribution in [2.24, 2.45) is 0 Å². The van der Waals surface area contributed by atoms with E-state index in [9.17, 15) is 9.59 Å². The molecule has 1 heterocycles. The van der Waals surface area contributed by atoms with E-state index in [-0.39, 0.29) is 29.3 Å². The predicted octanol–water partition coefficient (Wildman–Crippen LogP) is 7.33. The topological polar surface area (TPSA) is 56.5 Å². The molecule has 0 amide bonds. The lowest BCUT2D eigenvalue weighted by molar-refractivity contribution is 0.0524. The van der Waals surface area contributed by atoms with E-state index in [0.29, 0.717) is 26.7 Å². The molecule has 0 saturated carbocycles. The first-order chi connectivity index (χ1) is 15.5. The molecule has 3 aromatic carbocycles. The first kappa shape index (κ1) is 21.9. The quantitative estimate of drug-likeness (QED) is 0.221. The maximum atomic E-state index is 13.7. The second kappa shape index (κ2) is 9.43. The molecule has 0 aliphatic heterocycles. The third-order valence-corrected chi connectivity index (χ3v) is 5.29. The van der Waals surface area contributed by atoms with Crippen molar-refractivity contribution >= 4 is 35.0 Å². The molecule has 1 aromatic heterocycles. The number of esters is 1. The zero-order chi connectivity index (χ0) is 22.7. The number of ether oxygens (including phenoxy) is 1. The molecule has 0 radical (unpaired) electrons. The van der Waals surface area contributed by atoms with Crippen molar-refractivity contribution < 1.29 is 18.7 Å². The van der Waals surface area contributed by atoms with Crippen molar-refractivity contribution in [3.05, 3.63) is 106 Å². The summed E-state index contributed by atoms with van der Waals surface area (Å²) in [6, 6.07) is 22.6. The van der Waals surface area contributed by atoms with Crippen molar-refractivity contribution in [2.45, 2.75) is 6.92 Å². The minimum absolute atomic E-state index is 0.0676. The third kappa shape index (κ3) is 4.33. The number of furan rings is 1. The standard InChI is InChI=1S/C26H18Cl2O4/c1-2-31-26(30)22-21(23(29)17-10-6-12-19(27)14-17)25(18-11-7-13-20(28)15-18)32-24(22)16-8-4-3-5-9-16/h3-15H,2H2,1H3. The average Bonchev–Trinajstić information content (AvgIpc) is 3.20. The SMILES string of the molecule is CCOC(=O)c1c(-c2ccccc2)oc(-c2cccc(Cl)c2)c1C(=O)c1cccc(Cl)c1. The number of hydrogen-bond acceptors (Lipinski definition) is 4. The van der Waals surface area contributed by atoms with Crippen molar-refractivity contribution in [2.75, 3.05) is 6.61 Å². The first-order valence-electron chi connectivity index (χ1n) is 9.95. The van der Waals surface area contributed by atoms with Gasteiger partial charge in [0.2, 0.25) is 0 Å². The van der Waals surface area contributed by atoms with Crippen LogP contribution < -0.4 is 0 Å². The second-order valence-corrected chi connectivity index (χ2v) is 7.82. The van der Waals surface area contributed by atoms with Crippen molar-refractivity contribution in [1.29, 1.82) is 0 Å². The molecule has 4 nitrogen and oxygen atoms in total. The van der Waals surface area contributed by atoms with E-state index in [2.05, 4.69) is 0 Å². The fraction of sp³-hybridized carbons (Fsp3) is 0.0769. The summed E-state index contributed by atoms with van der Waals surface area (Å²) < 4.78 is 11.5. The minimum Gasteiger partial charge on any atom is -0.462 e. The molecule has 160 valence electrons. The molecule has 0 aliphatic carbocycles. The highest BCUT2D eigenvalue weighted by molar-refractivity contribution is 6.31. The fourth-order valence-electron chi connectivity index (χ4n) is 3.45. The van der Waals surface area contributed by atoms with Gasteiger partial charge in [-0.15, -0.1) is 0 Å². The Kier molecular flexibility index (Phi) is 6.45. The molecule has 4 aromatic rings. The van der Waals surface area contributed by atoms with Gasteiger partial charge in [0, 0.05) is 26.7 Å². The molecule has 4 rings (SSSR count). The van der Waals surface area contributed by atoms with Gasteiger partial charge >= 0.3 is 5.97 Å². The zero-order valence-corrected chi connectivity index (χ0v) is 18.6. The number of halogens is 2. The van der Waals surface area contributed by atoms with Gasteiger partial charge in [0.05, 0.1) is 12.2 Å². The van der Waals surface area contributed by atoms with E-state index < -0.39 is 11.8 Å². The molecule has 0 saturated heterocycles. The van der Waals surface area contributed by atoms with Crippen LogP contribution >= 0.6 is 23.2 Å². The molecule has 32 heavy (non-hydrogen) atoms. The first-order valence-corrected chi connectivity index (χ1v) is 10.7. The number of hydrogen-bond donors (Lipinski definition) is 0. The predicted molar refractivity (Wildman–Crippen MR) is 125 cm³/mol. The Labute approximate surface area is 195 Å². The van der Waals surface area contributed by atoms with Crippen LogP contribution in [-0.4, -0.2) is 18.4 Å². The van der Waals surface area contributed by atoms with Gasteiger partial charge in [0.25, 0.3) is 0 Å². The van der Waals surface area contributed by atoms with Crippen LogP contribution in [0.4, 0.5) is 0 Å². The van der Waals surface area contributed by atoms with Crippen molar-refractivity contribution in [3.63, 3.8) is 0 Å². The van der Waals surface area contributed by atoms with Crippen LogP contribution in [0.15, 0.2) is 83.3 Å². The van der Waals surface area contributed by atoms with Crippen LogP contribution in [0.25, 0.3) is 22.6 Å². The molecule has 0 atom stereocenters. The Morgan fingerprint density at radius 1 is 0.781 bits per heavy atom. The smallest absolute Gasteiger partial charge is 0.342 e. The molecular formula is C26H18Cl2O4.